The average molecular weight is 307 g/mol. The van der Waals surface area contributed by atoms with Crippen LogP contribution in [-0.2, 0) is 12.5 Å². The van der Waals surface area contributed by atoms with E-state index < -0.39 is 0 Å². The predicted octanol–water partition coefficient (Wildman–Crippen LogP) is 2.36. The monoisotopic (exact) mass is 306 g/mol. The number of anilines is 1. The van der Waals surface area contributed by atoms with E-state index in [2.05, 4.69) is 10.4 Å². The third-order valence-electron chi connectivity index (χ3n) is 3.53. The first kappa shape index (κ1) is 15.4. The standard InChI is InChI=1S/C15H19ClN4O/c1-15(2,10-5-4-6-11(16)7-10)9-18-14(21)12-8-19-20(3)13(12)17/h4-8H,9,17H2,1-3H3,(H,18,21). The number of nitrogens with one attached hydrogen (secondary N) is 1. The van der Waals surface area contributed by atoms with Gasteiger partial charge < -0.3 is 11.1 Å². The van der Waals surface area contributed by atoms with Crippen molar-refractivity contribution in [2.24, 2.45) is 7.05 Å². The molecule has 0 saturated carbocycles. The largest absolute Gasteiger partial charge is 0.383 e. The Balaban J connectivity index is 2.08. The number of aromatic nitrogens is 2. The molecule has 2 rings (SSSR count). The van der Waals surface area contributed by atoms with Gasteiger partial charge in [-0.25, -0.2) is 0 Å². The number of carbonyl (C=O) groups is 1. The maximum Gasteiger partial charge on any atom is 0.256 e. The van der Waals surface area contributed by atoms with Crippen LogP contribution in [0.3, 0.4) is 0 Å². The molecular formula is C15H19ClN4O. The molecule has 2 aromatic rings. The van der Waals surface area contributed by atoms with Crippen molar-refractivity contribution in [3.05, 3.63) is 46.6 Å². The molecule has 0 aliphatic carbocycles. The number of amides is 1. The van der Waals surface area contributed by atoms with Crippen LogP contribution < -0.4 is 11.1 Å². The highest BCUT2D eigenvalue weighted by atomic mass is 35.5. The molecule has 5 nitrogen and oxygen atoms in total. The summed E-state index contributed by atoms with van der Waals surface area (Å²) in [4.78, 5) is 12.2. The number of benzene rings is 1. The van der Waals surface area contributed by atoms with Crippen LogP contribution in [0.4, 0.5) is 5.82 Å². The second-order valence-corrected chi connectivity index (χ2v) is 6.08. The Morgan fingerprint density at radius 2 is 2.19 bits per heavy atom. The average Bonchev–Trinajstić information content (AvgIpc) is 2.77. The van der Waals surface area contributed by atoms with Gasteiger partial charge in [-0.1, -0.05) is 37.6 Å². The lowest BCUT2D eigenvalue weighted by Gasteiger charge is -2.25. The van der Waals surface area contributed by atoms with Crippen molar-refractivity contribution >= 4 is 23.3 Å². The molecule has 1 heterocycles. The number of halogens is 1. The van der Waals surface area contributed by atoms with E-state index in [4.69, 9.17) is 17.3 Å². The van der Waals surface area contributed by atoms with Gasteiger partial charge in [-0.05, 0) is 17.7 Å². The van der Waals surface area contributed by atoms with E-state index in [0.717, 1.165) is 5.56 Å². The van der Waals surface area contributed by atoms with Gasteiger partial charge in [0.2, 0.25) is 0 Å². The number of hydrogen-bond donors (Lipinski definition) is 2. The van der Waals surface area contributed by atoms with Gasteiger partial charge >= 0.3 is 0 Å². The Bertz CT molecular complexity index is 663. The fourth-order valence-corrected chi connectivity index (χ4v) is 2.22. The summed E-state index contributed by atoms with van der Waals surface area (Å²) < 4.78 is 1.47. The van der Waals surface area contributed by atoms with E-state index in [1.807, 2.05) is 38.1 Å². The summed E-state index contributed by atoms with van der Waals surface area (Å²) in [6.07, 6.45) is 1.47. The second kappa shape index (κ2) is 5.77. The number of carbonyl (C=O) groups excluding carboxylic acids is 1. The molecule has 1 amide bonds. The van der Waals surface area contributed by atoms with E-state index in [-0.39, 0.29) is 11.3 Å². The van der Waals surface area contributed by atoms with Crippen molar-refractivity contribution < 1.29 is 4.79 Å². The van der Waals surface area contributed by atoms with Crippen molar-refractivity contribution in [1.82, 2.24) is 15.1 Å². The summed E-state index contributed by atoms with van der Waals surface area (Å²) in [5, 5.41) is 7.54. The summed E-state index contributed by atoms with van der Waals surface area (Å²) in [6, 6.07) is 7.64. The molecule has 0 aliphatic heterocycles. The Labute approximate surface area is 129 Å². The van der Waals surface area contributed by atoms with Gasteiger partial charge in [0.05, 0.1) is 6.20 Å². The van der Waals surface area contributed by atoms with E-state index in [0.29, 0.717) is 22.9 Å². The zero-order valence-corrected chi connectivity index (χ0v) is 13.1. The molecule has 0 fully saturated rings. The topological polar surface area (TPSA) is 72.9 Å². The molecule has 3 N–H and O–H groups in total. The van der Waals surface area contributed by atoms with Gasteiger partial charge in [0.15, 0.2) is 0 Å². The minimum absolute atomic E-state index is 0.226. The van der Waals surface area contributed by atoms with Gasteiger partial charge in [0.25, 0.3) is 5.91 Å². The molecule has 1 aromatic carbocycles. The zero-order valence-electron chi connectivity index (χ0n) is 12.4. The van der Waals surface area contributed by atoms with E-state index in [1.165, 1.54) is 10.9 Å². The van der Waals surface area contributed by atoms with Gasteiger partial charge in [-0.2, -0.15) is 5.10 Å². The number of nitrogens with two attached hydrogens (primary N) is 1. The van der Waals surface area contributed by atoms with Crippen LogP contribution in [0, 0.1) is 0 Å². The van der Waals surface area contributed by atoms with Crippen LogP contribution in [0.25, 0.3) is 0 Å². The van der Waals surface area contributed by atoms with Crippen LogP contribution >= 0.6 is 11.6 Å². The van der Waals surface area contributed by atoms with Crippen LogP contribution in [-0.4, -0.2) is 22.2 Å². The van der Waals surface area contributed by atoms with Gasteiger partial charge in [-0.15, -0.1) is 0 Å². The smallest absolute Gasteiger partial charge is 0.256 e. The quantitative estimate of drug-likeness (QED) is 0.910. The normalized spacial score (nSPS) is 11.4. The Hall–Kier alpha value is -2.01. The molecule has 0 atom stereocenters. The second-order valence-electron chi connectivity index (χ2n) is 5.64. The minimum Gasteiger partial charge on any atom is -0.383 e. The molecule has 0 aliphatic rings. The molecule has 0 saturated heterocycles. The van der Waals surface area contributed by atoms with Crippen LogP contribution in [0.5, 0.6) is 0 Å². The summed E-state index contributed by atoms with van der Waals surface area (Å²) in [6.45, 7) is 4.57. The SMILES string of the molecule is Cn1ncc(C(=O)NCC(C)(C)c2cccc(Cl)c2)c1N. The highest BCUT2D eigenvalue weighted by Crippen LogP contribution is 2.25. The highest BCUT2D eigenvalue weighted by Gasteiger charge is 2.23. The number of nitrogen functional groups attached to an aromatic ring is 1. The molecule has 112 valence electrons. The lowest BCUT2D eigenvalue weighted by molar-refractivity contribution is 0.0946. The number of aryl methyl sites for hydroxylation is 1. The van der Waals surface area contributed by atoms with E-state index in [9.17, 15) is 4.79 Å². The molecule has 0 unspecified atom stereocenters. The molecule has 0 spiro atoms. The van der Waals surface area contributed by atoms with Crippen molar-refractivity contribution in [2.45, 2.75) is 19.3 Å². The Morgan fingerprint density at radius 1 is 1.48 bits per heavy atom. The zero-order chi connectivity index (χ0) is 15.6. The Kier molecular flexibility index (Phi) is 4.23. The van der Waals surface area contributed by atoms with Gasteiger partial charge in [0, 0.05) is 24.0 Å². The van der Waals surface area contributed by atoms with Crippen molar-refractivity contribution in [3.63, 3.8) is 0 Å². The number of hydrogen-bond acceptors (Lipinski definition) is 3. The van der Waals surface area contributed by atoms with Crippen LogP contribution in [0.15, 0.2) is 30.5 Å². The highest BCUT2D eigenvalue weighted by molar-refractivity contribution is 6.30. The minimum atomic E-state index is -0.239. The van der Waals surface area contributed by atoms with Crippen molar-refractivity contribution in [3.8, 4) is 0 Å². The fourth-order valence-electron chi connectivity index (χ4n) is 2.03. The third kappa shape index (κ3) is 3.36. The Morgan fingerprint density at radius 3 is 2.76 bits per heavy atom. The molecule has 0 radical (unpaired) electrons. The van der Waals surface area contributed by atoms with E-state index >= 15 is 0 Å². The maximum atomic E-state index is 12.2. The predicted molar refractivity (Wildman–Crippen MR) is 84.4 cm³/mol. The van der Waals surface area contributed by atoms with Crippen molar-refractivity contribution in [2.75, 3.05) is 12.3 Å². The van der Waals surface area contributed by atoms with Crippen LogP contribution in [0.1, 0.15) is 29.8 Å². The first-order valence-corrected chi connectivity index (χ1v) is 7.01. The molecule has 0 bridgehead atoms. The number of rotatable bonds is 4. The first-order chi connectivity index (χ1) is 9.81. The molecule has 21 heavy (non-hydrogen) atoms. The first-order valence-electron chi connectivity index (χ1n) is 6.63. The molecule has 6 heteroatoms. The van der Waals surface area contributed by atoms with E-state index in [1.54, 1.807) is 7.05 Å². The fraction of sp³-hybridized carbons (Fsp3) is 0.333. The van der Waals surface area contributed by atoms with Gasteiger partial charge in [-0.3, -0.25) is 9.48 Å². The lowest BCUT2D eigenvalue weighted by Crippen LogP contribution is -2.36. The molecular weight excluding hydrogens is 288 g/mol. The van der Waals surface area contributed by atoms with Gasteiger partial charge in [0.1, 0.15) is 11.4 Å². The summed E-state index contributed by atoms with van der Waals surface area (Å²) in [5.41, 5.74) is 7.01. The maximum absolute atomic E-state index is 12.2. The summed E-state index contributed by atoms with van der Waals surface area (Å²) in [5.74, 6) is 0.128. The lowest BCUT2D eigenvalue weighted by atomic mass is 9.84. The summed E-state index contributed by atoms with van der Waals surface area (Å²) >= 11 is 6.02. The van der Waals surface area contributed by atoms with Crippen LogP contribution in [0.2, 0.25) is 5.02 Å². The number of nitrogens with zero attached hydrogens (tertiary/aromatic N) is 2. The van der Waals surface area contributed by atoms with Crippen molar-refractivity contribution in [1.29, 1.82) is 0 Å². The molecule has 1 aromatic heterocycles. The summed E-state index contributed by atoms with van der Waals surface area (Å²) in [7, 11) is 1.70. The third-order valence-corrected chi connectivity index (χ3v) is 3.76.